The molecule has 0 saturated heterocycles. The molecule has 4 nitrogen and oxygen atoms in total. The Morgan fingerprint density at radius 2 is 2.07 bits per heavy atom. The lowest BCUT2D eigenvalue weighted by Crippen LogP contribution is -2.10. The van der Waals surface area contributed by atoms with Crippen molar-refractivity contribution in [1.29, 1.82) is 0 Å². The summed E-state index contributed by atoms with van der Waals surface area (Å²) in [5.74, 6) is -0.187. The molecule has 1 rings (SSSR count). The first-order valence-electron chi connectivity index (χ1n) is 4.27. The number of amides is 1. The molecule has 0 saturated carbocycles. The van der Waals surface area contributed by atoms with Crippen molar-refractivity contribution >= 4 is 11.7 Å². The van der Waals surface area contributed by atoms with Crippen LogP contribution in [-0.4, -0.2) is 16.7 Å². The number of aromatic nitrogens is 1. The zero-order valence-electron chi connectivity index (χ0n) is 8.36. The van der Waals surface area contributed by atoms with E-state index in [0.717, 1.165) is 0 Å². The molecule has 0 fully saturated rings. The number of hydrogen-bond acceptors (Lipinski definition) is 3. The molecule has 0 atom stereocenters. The Kier molecular flexibility index (Phi) is 5.94. The number of ketones is 1. The Labute approximate surface area is 83.1 Å². The highest BCUT2D eigenvalue weighted by molar-refractivity contribution is 5.92. The van der Waals surface area contributed by atoms with Crippen molar-refractivity contribution in [2.24, 2.45) is 5.73 Å². The maximum absolute atomic E-state index is 10.4. The van der Waals surface area contributed by atoms with Crippen molar-refractivity contribution in [3.63, 3.8) is 0 Å². The quantitative estimate of drug-likeness (QED) is 0.767. The van der Waals surface area contributed by atoms with Crippen LogP contribution < -0.4 is 5.73 Å². The summed E-state index contributed by atoms with van der Waals surface area (Å²) < 4.78 is 0. The van der Waals surface area contributed by atoms with Gasteiger partial charge in [-0.3, -0.25) is 9.78 Å². The van der Waals surface area contributed by atoms with Crippen LogP contribution in [0.3, 0.4) is 0 Å². The fourth-order valence-corrected chi connectivity index (χ4v) is 0.509. The molecule has 76 valence electrons. The Balaban J connectivity index is 0.000000292. The van der Waals surface area contributed by atoms with E-state index in [0.29, 0.717) is 12.0 Å². The van der Waals surface area contributed by atoms with Crippen molar-refractivity contribution in [2.75, 3.05) is 0 Å². The van der Waals surface area contributed by atoms with Gasteiger partial charge in [-0.15, -0.1) is 0 Å². The van der Waals surface area contributed by atoms with Crippen LogP contribution in [0.5, 0.6) is 0 Å². The van der Waals surface area contributed by atoms with Gasteiger partial charge in [-0.1, -0.05) is 6.92 Å². The molecule has 0 aliphatic heterocycles. The monoisotopic (exact) mass is 194 g/mol. The van der Waals surface area contributed by atoms with E-state index in [1.165, 1.54) is 6.20 Å². The second-order valence-electron chi connectivity index (χ2n) is 2.66. The number of hydrogen-bond donors (Lipinski definition) is 1. The van der Waals surface area contributed by atoms with Crippen molar-refractivity contribution in [3.05, 3.63) is 30.1 Å². The minimum absolute atomic E-state index is 0.255. The smallest absolute Gasteiger partial charge is 0.250 e. The molecule has 1 aromatic rings. The summed E-state index contributed by atoms with van der Waals surface area (Å²) in [6, 6.07) is 3.29. The summed E-state index contributed by atoms with van der Waals surface area (Å²) in [6.07, 6.45) is 3.69. The SMILES string of the molecule is CCC(C)=O.NC(=O)c1cccnc1. The minimum Gasteiger partial charge on any atom is -0.366 e. The van der Waals surface area contributed by atoms with Crippen LogP contribution in [-0.2, 0) is 4.79 Å². The van der Waals surface area contributed by atoms with Crippen molar-refractivity contribution in [2.45, 2.75) is 20.3 Å². The van der Waals surface area contributed by atoms with Gasteiger partial charge in [-0.2, -0.15) is 0 Å². The van der Waals surface area contributed by atoms with Gasteiger partial charge in [0.2, 0.25) is 5.91 Å². The normalized spacial score (nSPS) is 8.43. The number of nitrogens with two attached hydrogens (primary N) is 1. The molecule has 14 heavy (non-hydrogen) atoms. The fraction of sp³-hybridized carbons (Fsp3) is 0.300. The number of pyridine rings is 1. The average Bonchev–Trinajstić information content (AvgIpc) is 2.20. The van der Waals surface area contributed by atoms with Crippen LogP contribution in [0.2, 0.25) is 0 Å². The maximum Gasteiger partial charge on any atom is 0.250 e. The number of nitrogens with zero attached hydrogens (tertiary/aromatic N) is 1. The molecule has 0 bridgehead atoms. The molecule has 4 heteroatoms. The van der Waals surface area contributed by atoms with Crippen molar-refractivity contribution in [3.8, 4) is 0 Å². The topological polar surface area (TPSA) is 73.1 Å². The largest absolute Gasteiger partial charge is 0.366 e. The lowest BCUT2D eigenvalue weighted by molar-refractivity contribution is -0.116. The molecule has 1 amide bonds. The van der Waals surface area contributed by atoms with Crippen LogP contribution in [0, 0.1) is 0 Å². The van der Waals surface area contributed by atoms with Gasteiger partial charge in [0.05, 0.1) is 5.56 Å². The van der Waals surface area contributed by atoms with Gasteiger partial charge in [-0.25, -0.2) is 0 Å². The zero-order valence-corrected chi connectivity index (χ0v) is 8.36. The highest BCUT2D eigenvalue weighted by atomic mass is 16.1. The molecule has 0 aliphatic rings. The van der Waals surface area contributed by atoms with E-state index in [1.807, 2.05) is 6.92 Å². The number of primary amides is 1. The van der Waals surface area contributed by atoms with E-state index >= 15 is 0 Å². The third-order valence-electron chi connectivity index (χ3n) is 1.44. The molecule has 0 unspecified atom stereocenters. The minimum atomic E-state index is -0.442. The second kappa shape index (κ2) is 6.77. The van der Waals surface area contributed by atoms with Gasteiger partial charge in [0.1, 0.15) is 5.78 Å². The molecular formula is C10H14N2O2. The van der Waals surface area contributed by atoms with Crippen LogP contribution in [0.25, 0.3) is 0 Å². The van der Waals surface area contributed by atoms with E-state index in [1.54, 1.807) is 25.3 Å². The molecule has 0 spiro atoms. The van der Waals surface area contributed by atoms with Crippen LogP contribution >= 0.6 is 0 Å². The Morgan fingerprint density at radius 1 is 1.50 bits per heavy atom. The first-order chi connectivity index (χ1) is 6.57. The van der Waals surface area contributed by atoms with E-state index < -0.39 is 5.91 Å². The lowest BCUT2D eigenvalue weighted by Gasteiger charge is -1.88. The third-order valence-corrected chi connectivity index (χ3v) is 1.44. The summed E-state index contributed by atoms with van der Waals surface area (Å²) in [5, 5.41) is 0. The molecule has 0 aromatic carbocycles. The van der Waals surface area contributed by atoms with Crippen molar-refractivity contribution in [1.82, 2.24) is 4.98 Å². The van der Waals surface area contributed by atoms with Crippen LogP contribution in [0.4, 0.5) is 0 Å². The number of carbonyl (C=O) groups excluding carboxylic acids is 2. The summed E-state index contributed by atoms with van der Waals surface area (Å²) >= 11 is 0. The molecule has 2 N–H and O–H groups in total. The number of Topliss-reactive ketones (excluding diaryl/α,β-unsaturated/α-hetero) is 1. The highest BCUT2D eigenvalue weighted by Gasteiger charge is 1.94. The van der Waals surface area contributed by atoms with Crippen LogP contribution in [0.1, 0.15) is 30.6 Å². The average molecular weight is 194 g/mol. The van der Waals surface area contributed by atoms with Gasteiger partial charge >= 0.3 is 0 Å². The van der Waals surface area contributed by atoms with Gasteiger partial charge in [-0.05, 0) is 19.1 Å². The third kappa shape index (κ3) is 5.88. The van der Waals surface area contributed by atoms with Gasteiger partial charge in [0.15, 0.2) is 0 Å². The van der Waals surface area contributed by atoms with Gasteiger partial charge in [0.25, 0.3) is 0 Å². The summed E-state index contributed by atoms with van der Waals surface area (Å²) in [6.45, 7) is 3.43. The number of carbonyl (C=O) groups is 2. The standard InChI is InChI=1S/C6H6N2O.C4H8O/c7-6(9)5-2-1-3-8-4-5;1-3-4(2)5/h1-4H,(H2,7,9);3H2,1-2H3. The van der Waals surface area contributed by atoms with E-state index in [-0.39, 0.29) is 5.78 Å². The Bertz CT molecular complexity index is 296. The molecular weight excluding hydrogens is 180 g/mol. The highest BCUT2D eigenvalue weighted by Crippen LogP contribution is 1.91. The molecule has 1 aromatic heterocycles. The Morgan fingerprint density at radius 3 is 2.29 bits per heavy atom. The van der Waals surface area contributed by atoms with Crippen LogP contribution in [0.15, 0.2) is 24.5 Å². The molecule has 0 aliphatic carbocycles. The predicted molar refractivity (Wildman–Crippen MR) is 53.7 cm³/mol. The Hall–Kier alpha value is -1.71. The van der Waals surface area contributed by atoms with E-state index in [4.69, 9.17) is 5.73 Å². The lowest BCUT2D eigenvalue weighted by atomic mass is 10.3. The maximum atomic E-state index is 10.4. The zero-order chi connectivity index (χ0) is 11.0. The van der Waals surface area contributed by atoms with Gasteiger partial charge < -0.3 is 10.5 Å². The molecule has 1 heterocycles. The molecule has 0 radical (unpaired) electrons. The van der Waals surface area contributed by atoms with E-state index in [2.05, 4.69) is 4.98 Å². The first-order valence-corrected chi connectivity index (χ1v) is 4.27. The first kappa shape index (κ1) is 12.3. The van der Waals surface area contributed by atoms with Crippen molar-refractivity contribution < 1.29 is 9.59 Å². The summed E-state index contributed by atoms with van der Waals surface area (Å²) in [7, 11) is 0. The fourth-order valence-electron chi connectivity index (χ4n) is 0.509. The predicted octanol–water partition coefficient (Wildman–Crippen LogP) is 1.17. The summed E-state index contributed by atoms with van der Waals surface area (Å²) in [4.78, 5) is 23.9. The number of rotatable bonds is 2. The van der Waals surface area contributed by atoms with Gasteiger partial charge in [0, 0.05) is 18.8 Å². The van der Waals surface area contributed by atoms with E-state index in [9.17, 15) is 9.59 Å². The summed E-state index contributed by atoms with van der Waals surface area (Å²) in [5.41, 5.74) is 5.38. The second-order valence-corrected chi connectivity index (χ2v) is 2.66.